The molecule has 0 spiro atoms. The average molecular weight is 513 g/mol. The van der Waals surface area contributed by atoms with Crippen LogP contribution in [0.4, 0.5) is 13.6 Å². The van der Waals surface area contributed by atoms with Gasteiger partial charge in [0.2, 0.25) is 15.9 Å². The van der Waals surface area contributed by atoms with E-state index < -0.39 is 39.0 Å². The minimum Gasteiger partial charge on any atom is -0.454 e. The van der Waals surface area contributed by atoms with E-state index in [1.54, 1.807) is 4.90 Å². The summed E-state index contributed by atoms with van der Waals surface area (Å²) in [5.74, 6) is -2.50. The predicted octanol–water partition coefficient (Wildman–Crippen LogP) is 1.62. The zero-order valence-corrected chi connectivity index (χ0v) is 19.8. The molecule has 1 aliphatic rings. The molecule has 3 rings (SSSR count). The quantitative estimate of drug-likeness (QED) is 0.545. The molecule has 35 heavy (non-hydrogen) atoms. The minimum atomic E-state index is -4.34. The highest BCUT2D eigenvalue weighted by molar-refractivity contribution is 7.89. The van der Waals surface area contributed by atoms with E-state index in [-0.39, 0.29) is 30.6 Å². The van der Waals surface area contributed by atoms with E-state index in [1.807, 2.05) is 0 Å². The van der Waals surface area contributed by atoms with Crippen molar-refractivity contribution in [3.05, 3.63) is 54.1 Å². The molecule has 0 saturated carbocycles. The summed E-state index contributed by atoms with van der Waals surface area (Å²) in [6.45, 7) is 0.722. The largest absolute Gasteiger partial charge is 0.454 e. The molecule has 1 fully saturated rings. The summed E-state index contributed by atoms with van der Waals surface area (Å²) in [5, 5.41) is 0. The normalized spacial score (nSPS) is 14.1. The number of ether oxygens (including phenoxy) is 2. The Balaban J connectivity index is 1.73. The lowest BCUT2D eigenvalue weighted by Gasteiger charge is -2.32. The SMILES string of the molecule is CN(CCN(CC(N)=O)S(=O)(=O)c1ccc(Oc2ccc(F)cc2)c(F)c1)C(=O)N1CCOCC1. The highest BCUT2D eigenvalue weighted by Crippen LogP contribution is 2.28. The Morgan fingerprint density at radius 3 is 2.34 bits per heavy atom. The van der Waals surface area contributed by atoms with E-state index in [1.165, 1.54) is 24.1 Å². The first-order chi connectivity index (χ1) is 16.6. The number of halogens is 2. The van der Waals surface area contributed by atoms with E-state index in [0.29, 0.717) is 26.3 Å². The van der Waals surface area contributed by atoms with E-state index in [9.17, 15) is 26.8 Å². The molecule has 2 aromatic carbocycles. The highest BCUT2D eigenvalue weighted by Gasteiger charge is 2.28. The van der Waals surface area contributed by atoms with Gasteiger partial charge in [0.15, 0.2) is 11.6 Å². The summed E-state index contributed by atoms with van der Waals surface area (Å²) < 4.78 is 65.3. The molecular formula is C22H26F2N4O6S. The molecule has 3 amide bonds. The summed E-state index contributed by atoms with van der Waals surface area (Å²) in [7, 11) is -2.84. The maximum Gasteiger partial charge on any atom is 0.319 e. The number of likely N-dealkylation sites (N-methyl/N-ethyl adjacent to an activating group) is 1. The van der Waals surface area contributed by atoms with Crippen LogP contribution in [0.1, 0.15) is 0 Å². The van der Waals surface area contributed by atoms with E-state index in [4.69, 9.17) is 15.2 Å². The van der Waals surface area contributed by atoms with E-state index >= 15 is 0 Å². The summed E-state index contributed by atoms with van der Waals surface area (Å²) >= 11 is 0. The zero-order chi connectivity index (χ0) is 25.6. The Hall–Kier alpha value is -3.29. The second kappa shape index (κ2) is 11.4. The molecular weight excluding hydrogens is 486 g/mol. The van der Waals surface area contributed by atoms with Gasteiger partial charge >= 0.3 is 6.03 Å². The number of morpholine rings is 1. The molecule has 1 heterocycles. The summed E-state index contributed by atoms with van der Waals surface area (Å²) in [6.07, 6.45) is 0. The summed E-state index contributed by atoms with van der Waals surface area (Å²) in [4.78, 5) is 26.6. The fourth-order valence-electron chi connectivity index (χ4n) is 3.31. The number of urea groups is 1. The van der Waals surface area contributed by atoms with Crippen molar-refractivity contribution in [2.45, 2.75) is 4.90 Å². The van der Waals surface area contributed by atoms with Crippen molar-refractivity contribution in [2.75, 3.05) is 53.0 Å². The third-order valence-electron chi connectivity index (χ3n) is 5.21. The second-order valence-corrected chi connectivity index (χ2v) is 9.69. The molecule has 0 radical (unpaired) electrons. The van der Waals surface area contributed by atoms with Gasteiger partial charge in [0.25, 0.3) is 0 Å². The predicted molar refractivity (Wildman–Crippen MR) is 121 cm³/mol. The summed E-state index contributed by atoms with van der Waals surface area (Å²) in [6, 6.07) is 7.54. The first-order valence-corrected chi connectivity index (χ1v) is 12.1. The van der Waals surface area contributed by atoms with E-state index in [0.717, 1.165) is 34.6 Å². The Morgan fingerprint density at radius 2 is 1.74 bits per heavy atom. The number of nitrogens with zero attached hydrogens (tertiary/aromatic N) is 3. The number of benzene rings is 2. The summed E-state index contributed by atoms with van der Waals surface area (Å²) in [5.41, 5.74) is 5.23. The van der Waals surface area contributed by atoms with Crippen LogP contribution in [0, 0.1) is 11.6 Å². The minimum absolute atomic E-state index is 0.0308. The van der Waals surface area contributed by atoms with Crippen molar-refractivity contribution in [3.63, 3.8) is 0 Å². The maximum atomic E-state index is 14.7. The zero-order valence-electron chi connectivity index (χ0n) is 19.0. The van der Waals surface area contributed by atoms with Gasteiger partial charge in [0.1, 0.15) is 11.6 Å². The Morgan fingerprint density at radius 1 is 1.09 bits per heavy atom. The lowest BCUT2D eigenvalue weighted by Crippen LogP contribution is -2.49. The fourth-order valence-corrected chi connectivity index (χ4v) is 4.72. The van der Waals surface area contributed by atoms with Gasteiger partial charge in [-0.3, -0.25) is 4.79 Å². The lowest BCUT2D eigenvalue weighted by molar-refractivity contribution is -0.118. The molecule has 0 aliphatic carbocycles. The number of carbonyl (C=O) groups excluding carboxylic acids is 2. The van der Waals surface area contributed by atoms with Crippen LogP contribution in [0.2, 0.25) is 0 Å². The Labute approximate surface area is 201 Å². The third-order valence-corrected chi connectivity index (χ3v) is 7.05. The van der Waals surface area contributed by atoms with Crippen molar-refractivity contribution in [3.8, 4) is 11.5 Å². The number of hydrogen-bond acceptors (Lipinski definition) is 6. The Bertz CT molecular complexity index is 1160. The number of rotatable bonds is 9. The van der Waals surface area contributed by atoms with Gasteiger partial charge in [-0.15, -0.1) is 0 Å². The first kappa shape index (κ1) is 26.3. The molecule has 190 valence electrons. The highest BCUT2D eigenvalue weighted by atomic mass is 32.2. The molecule has 0 unspecified atom stereocenters. The molecule has 0 aromatic heterocycles. The second-order valence-electron chi connectivity index (χ2n) is 7.76. The van der Waals surface area contributed by atoms with Gasteiger partial charge < -0.3 is 25.0 Å². The van der Waals surface area contributed by atoms with Crippen LogP contribution in [0.5, 0.6) is 11.5 Å². The lowest BCUT2D eigenvalue weighted by atomic mass is 10.3. The van der Waals surface area contributed by atoms with Gasteiger partial charge in [-0.25, -0.2) is 22.0 Å². The van der Waals surface area contributed by atoms with Crippen LogP contribution in [-0.4, -0.2) is 87.4 Å². The van der Waals surface area contributed by atoms with Crippen LogP contribution < -0.4 is 10.5 Å². The molecule has 13 heteroatoms. The van der Waals surface area contributed by atoms with Gasteiger partial charge in [0, 0.05) is 33.2 Å². The van der Waals surface area contributed by atoms with Crippen LogP contribution >= 0.6 is 0 Å². The van der Waals surface area contributed by atoms with Gasteiger partial charge in [-0.05, 0) is 42.5 Å². The van der Waals surface area contributed by atoms with Crippen molar-refractivity contribution in [1.29, 1.82) is 0 Å². The van der Waals surface area contributed by atoms with Crippen LogP contribution in [0.15, 0.2) is 47.4 Å². The van der Waals surface area contributed by atoms with E-state index in [2.05, 4.69) is 0 Å². The fraction of sp³-hybridized carbons (Fsp3) is 0.364. The number of sulfonamides is 1. The number of nitrogens with two attached hydrogens (primary N) is 1. The third kappa shape index (κ3) is 6.87. The molecule has 2 N–H and O–H groups in total. The molecule has 1 saturated heterocycles. The number of carbonyl (C=O) groups is 2. The topological polar surface area (TPSA) is 122 Å². The number of amides is 3. The van der Waals surface area contributed by atoms with Gasteiger partial charge in [-0.2, -0.15) is 4.31 Å². The van der Waals surface area contributed by atoms with Crippen molar-refractivity contribution < 1.29 is 36.3 Å². The standard InChI is InChI=1S/C22H26F2N4O6S/c1-26(22(30)27-10-12-33-13-11-27)8-9-28(15-21(25)29)35(31,32)18-6-7-20(19(24)14-18)34-17-4-2-16(23)3-5-17/h2-7,14H,8-13,15H2,1H3,(H2,25,29). The van der Waals surface area contributed by atoms with Crippen LogP contribution in [0.3, 0.4) is 0 Å². The van der Waals surface area contributed by atoms with Gasteiger partial charge in [0.05, 0.1) is 24.7 Å². The smallest absolute Gasteiger partial charge is 0.319 e. The molecule has 2 aromatic rings. The maximum absolute atomic E-state index is 14.7. The molecule has 0 atom stereocenters. The Kier molecular flexibility index (Phi) is 8.59. The average Bonchev–Trinajstić information content (AvgIpc) is 2.83. The van der Waals surface area contributed by atoms with Crippen molar-refractivity contribution >= 4 is 22.0 Å². The van der Waals surface area contributed by atoms with Crippen LogP contribution in [-0.2, 0) is 19.6 Å². The monoisotopic (exact) mass is 512 g/mol. The molecule has 0 bridgehead atoms. The van der Waals surface area contributed by atoms with Gasteiger partial charge in [-0.1, -0.05) is 0 Å². The number of hydrogen-bond donors (Lipinski definition) is 1. The van der Waals surface area contributed by atoms with Crippen LogP contribution in [0.25, 0.3) is 0 Å². The first-order valence-electron chi connectivity index (χ1n) is 10.7. The molecule has 10 nitrogen and oxygen atoms in total. The van der Waals surface area contributed by atoms with Crippen molar-refractivity contribution in [2.24, 2.45) is 5.73 Å². The number of primary amides is 1. The molecule has 1 aliphatic heterocycles. The van der Waals surface area contributed by atoms with Crippen molar-refractivity contribution in [1.82, 2.24) is 14.1 Å².